The molecule has 0 bridgehead atoms. The van der Waals surface area contributed by atoms with Crippen LogP contribution in [0.3, 0.4) is 0 Å². The first-order valence-electron chi connectivity index (χ1n) is 8.21. The van der Waals surface area contributed by atoms with Gasteiger partial charge in [-0.2, -0.15) is 0 Å². The van der Waals surface area contributed by atoms with E-state index in [1.54, 1.807) is 48.5 Å². The number of pyridine rings is 1. The maximum Gasteiger partial charge on any atom is 0.271 e. The van der Waals surface area contributed by atoms with E-state index in [-0.39, 0.29) is 10.7 Å². The lowest BCUT2D eigenvalue weighted by molar-refractivity contribution is 0.0846. The fraction of sp³-hybridized carbons (Fsp3) is 0.0500. The highest BCUT2D eigenvalue weighted by molar-refractivity contribution is 6.30. The summed E-state index contributed by atoms with van der Waals surface area (Å²) in [5.41, 5.74) is 6.24. The van der Waals surface area contributed by atoms with Gasteiger partial charge in [0.05, 0.1) is 5.56 Å². The molecule has 0 atom stereocenters. The number of carbonyl (C=O) groups is 2. The summed E-state index contributed by atoms with van der Waals surface area (Å²) in [6, 6.07) is 16.9. The van der Waals surface area contributed by atoms with E-state index in [0.717, 1.165) is 5.56 Å². The molecular formula is C20H15Cl2N3O3. The molecule has 0 radical (unpaired) electrons. The number of ether oxygens (including phenoxy) is 1. The lowest BCUT2D eigenvalue weighted by Crippen LogP contribution is -2.41. The number of rotatable bonds is 5. The van der Waals surface area contributed by atoms with Crippen molar-refractivity contribution in [3.63, 3.8) is 0 Å². The lowest BCUT2D eigenvalue weighted by atomic mass is 10.1. The van der Waals surface area contributed by atoms with E-state index in [1.807, 2.05) is 0 Å². The van der Waals surface area contributed by atoms with Crippen molar-refractivity contribution in [1.29, 1.82) is 0 Å². The molecule has 2 aromatic carbocycles. The van der Waals surface area contributed by atoms with Crippen LogP contribution in [0, 0.1) is 0 Å². The fourth-order valence-corrected chi connectivity index (χ4v) is 2.46. The molecule has 3 rings (SSSR count). The second-order valence-corrected chi connectivity index (χ2v) is 6.54. The summed E-state index contributed by atoms with van der Waals surface area (Å²) >= 11 is 11.5. The summed E-state index contributed by atoms with van der Waals surface area (Å²) in [5.74, 6) is -0.239. The number of benzene rings is 2. The maximum atomic E-state index is 12.2. The highest BCUT2D eigenvalue weighted by Crippen LogP contribution is 2.17. The molecule has 8 heteroatoms. The second-order valence-electron chi connectivity index (χ2n) is 5.72. The van der Waals surface area contributed by atoms with Crippen LogP contribution in [-0.2, 0) is 6.61 Å². The molecule has 2 N–H and O–H groups in total. The van der Waals surface area contributed by atoms with Gasteiger partial charge in [-0.1, -0.05) is 35.3 Å². The third kappa shape index (κ3) is 5.45. The van der Waals surface area contributed by atoms with Gasteiger partial charge in [-0.15, -0.1) is 0 Å². The van der Waals surface area contributed by atoms with Gasteiger partial charge in [0.15, 0.2) is 0 Å². The van der Waals surface area contributed by atoms with Crippen molar-refractivity contribution in [3.05, 3.63) is 93.7 Å². The SMILES string of the molecule is O=C(NNC(=O)c1ccc(Cl)nc1)c1ccc(COc2ccc(Cl)cc2)cc1. The van der Waals surface area contributed by atoms with E-state index < -0.39 is 11.8 Å². The number of nitrogens with one attached hydrogen (secondary N) is 2. The number of hydrazine groups is 1. The van der Waals surface area contributed by atoms with E-state index >= 15 is 0 Å². The van der Waals surface area contributed by atoms with Gasteiger partial charge in [-0.05, 0) is 54.1 Å². The minimum Gasteiger partial charge on any atom is -0.489 e. The number of hydrogen-bond donors (Lipinski definition) is 2. The van der Waals surface area contributed by atoms with Crippen LogP contribution in [0.25, 0.3) is 0 Å². The quantitative estimate of drug-likeness (QED) is 0.486. The van der Waals surface area contributed by atoms with E-state index in [0.29, 0.717) is 22.9 Å². The molecule has 0 unspecified atom stereocenters. The fourth-order valence-electron chi connectivity index (χ4n) is 2.22. The van der Waals surface area contributed by atoms with E-state index in [2.05, 4.69) is 15.8 Å². The van der Waals surface area contributed by atoms with Crippen LogP contribution in [0.1, 0.15) is 26.3 Å². The van der Waals surface area contributed by atoms with Gasteiger partial charge < -0.3 is 4.74 Å². The average molecular weight is 416 g/mol. The number of nitrogens with zero attached hydrogens (tertiary/aromatic N) is 1. The standard InChI is InChI=1S/C20H15Cl2N3O3/c21-16-6-8-17(9-7-16)28-12-13-1-3-14(4-2-13)19(26)24-25-20(27)15-5-10-18(22)23-11-15/h1-11H,12H2,(H,24,26)(H,25,27). The van der Waals surface area contributed by atoms with Crippen molar-refractivity contribution in [2.45, 2.75) is 6.61 Å². The predicted molar refractivity (Wildman–Crippen MR) is 106 cm³/mol. The second kappa shape index (κ2) is 9.21. The van der Waals surface area contributed by atoms with Crippen molar-refractivity contribution < 1.29 is 14.3 Å². The van der Waals surface area contributed by atoms with Crippen molar-refractivity contribution in [2.75, 3.05) is 0 Å². The van der Waals surface area contributed by atoms with Crippen LogP contribution in [0.4, 0.5) is 0 Å². The van der Waals surface area contributed by atoms with Gasteiger partial charge in [-0.25, -0.2) is 4.98 Å². The molecule has 0 aliphatic carbocycles. The molecule has 0 aliphatic heterocycles. The zero-order valence-electron chi connectivity index (χ0n) is 14.5. The Kier molecular flexibility index (Phi) is 6.47. The number of carbonyl (C=O) groups excluding carboxylic acids is 2. The molecule has 142 valence electrons. The Hall–Kier alpha value is -3.09. The molecule has 1 heterocycles. The molecule has 0 spiro atoms. The minimum atomic E-state index is -0.495. The van der Waals surface area contributed by atoms with Crippen LogP contribution in [-0.4, -0.2) is 16.8 Å². The van der Waals surface area contributed by atoms with Crippen molar-refractivity contribution in [3.8, 4) is 5.75 Å². The molecule has 2 amide bonds. The van der Waals surface area contributed by atoms with Crippen molar-refractivity contribution >= 4 is 35.0 Å². The van der Waals surface area contributed by atoms with Gasteiger partial charge >= 0.3 is 0 Å². The van der Waals surface area contributed by atoms with Crippen LogP contribution in [0.15, 0.2) is 66.9 Å². The maximum absolute atomic E-state index is 12.2. The summed E-state index contributed by atoms with van der Waals surface area (Å²) < 4.78 is 5.65. The highest BCUT2D eigenvalue weighted by Gasteiger charge is 2.09. The average Bonchev–Trinajstić information content (AvgIpc) is 2.72. The van der Waals surface area contributed by atoms with Crippen molar-refractivity contribution in [1.82, 2.24) is 15.8 Å². The predicted octanol–water partition coefficient (Wildman–Crippen LogP) is 4.04. The summed E-state index contributed by atoms with van der Waals surface area (Å²) in [5, 5.41) is 0.919. The molecule has 0 aliphatic rings. The molecule has 3 aromatic rings. The Morgan fingerprint density at radius 3 is 2.04 bits per heavy atom. The molecule has 28 heavy (non-hydrogen) atoms. The zero-order chi connectivity index (χ0) is 19.9. The first-order chi connectivity index (χ1) is 13.5. The van der Waals surface area contributed by atoms with Crippen molar-refractivity contribution in [2.24, 2.45) is 0 Å². The summed E-state index contributed by atoms with van der Waals surface area (Å²) in [6.07, 6.45) is 1.32. The van der Waals surface area contributed by atoms with Gasteiger partial charge in [0.2, 0.25) is 0 Å². The van der Waals surface area contributed by atoms with Crippen LogP contribution in [0.2, 0.25) is 10.2 Å². The third-order valence-corrected chi connectivity index (χ3v) is 4.19. The van der Waals surface area contributed by atoms with E-state index in [9.17, 15) is 9.59 Å². The largest absolute Gasteiger partial charge is 0.489 e. The number of amides is 2. The topological polar surface area (TPSA) is 80.3 Å². The van der Waals surface area contributed by atoms with Crippen LogP contribution < -0.4 is 15.6 Å². The number of aromatic nitrogens is 1. The number of hydrogen-bond acceptors (Lipinski definition) is 4. The number of halogens is 2. The Morgan fingerprint density at radius 1 is 0.821 bits per heavy atom. The summed E-state index contributed by atoms with van der Waals surface area (Å²) in [4.78, 5) is 27.9. The Balaban J connectivity index is 1.51. The third-order valence-electron chi connectivity index (χ3n) is 3.71. The van der Waals surface area contributed by atoms with Gasteiger partial charge in [0.25, 0.3) is 11.8 Å². The molecule has 0 fully saturated rings. The van der Waals surface area contributed by atoms with E-state index in [4.69, 9.17) is 27.9 Å². The first-order valence-corrected chi connectivity index (χ1v) is 8.96. The molecule has 1 aromatic heterocycles. The Bertz CT molecular complexity index is 959. The van der Waals surface area contributed by atoms with Gasteiger partial charge in [0.1, 0.15) is 17.5 Å². The molecule has 6 nitrogen and oxygen atoms in total. The molecular weight excluding hydrogens is 401 g/mol. The highest BCUT2D eigenvalue weighted by atomic mass is 35.5. The van der Waals surface area contributed by atoms with Crippen LogP contribution in [0.5, 0.6) is 5.75 Å². The van der Waals surface area contributed by atoms with Gasteiger partial charge in [-0.3, -0.25) is 20.4 Å². The van der Waals surface area contributed by atoms with E-state index in [1.165, 1.54) is 18.3 Å². The summed E-state index contributed by atoms with van der Waals surface area (Å²) in [7, 11) is 0. The Morgan fingerprint density at radius 2 is 1.43 bits per heavy atom. The molecule has 0 saturated carbocycles. The van der Waals surface area contributed by atoms with Gasteiger partial charge in [0, 0.05) is 16.8 Å². The van der Waals surface area contributed by atoms with Crippen LogP contribution >= 0.6 is 23.2 Å². The zero-order valence-corrected chi connectivity index (χ0v) is 16.0. The summed E-state index contributed by atoms with van der Waals surface area (Å²) in [6.45, 7) is 0.351. The normalized spacial score (nSPS) is 10.2. The lowest BCUT2D eigenvalue weighted by Gasteiger charge is -2.09. The molecule has 0 saturated heterocycles. The minimum absolute atomic E-state index is 0.277. The smallest absolute Gasteiger partial charge is 0.271 e. The monoisotopic (exact) mass is 415 g/mol. The Labute approximate surface area is 171 Å². The first kappa shape index (κ1) is 19.7.